The molecule has 1 aromatic carbocycles. The molecule has 0 unspecified atom stereocenters. The zero-order valence-corrected chi connectivity index (χ0v) is 16.0. The number of rotatable bonds is 7. The predicted octanol–water partition coefficient (Wildman–Crippen LogP) is 3.68. The lowest BCUT2D eigenvalue weighted by molar-refractivity contribution is 0.0953. The van der Waals surface area contributed by atoms with Crippen LogP contribution in [0.15, 0.2) is 24.3 Å². The normalized spacial score (nSPS) is 10.8. The average Bonchev–Trinajstić information content (AvgIpc) is 2.89. The number of hydrogen-bond donors (Lipinski definition) is 1. The highest BCUT2D eigenvalue weighted by Gasteiger charge is 2.17. The summed E-state index contributed by atoms with van der Waals surface area (Å²) in [6, 6.07) is 7.97. The first kappa shape index (κ1) is 18.9. The van der Waals surface area contributed by atoms with Gasteiger partial charge in [0.25, 0.3) is 5.91 Å². The summed E-state index contributed by atoms with van der Waals surface area (Å²) >= 11 is 0. The molecule has 0 saturated carbocycles. The Morgan fingerprint density at radius 1 is 1.16 bits per heavy atom. The highest BCUT2D eigenvalue weighted by Crippen LogP contribution is 2.24. The van der Waals surface area contributed by atoms with E-state index in [-0.39, 0.29) is 5.91 Å². The lowest BCUT2D eigenvalue weighted by Gasteiger charge is -2.14. The Labute approximate surface area is 149 Å². The smallest absolute Gasteiger partial charge is 0.253 e. The lowest BCUT2D eigenvalue weighted by atomic mass is 10.1. The number of hydrogen-bond acceptors (Lipinski definition) is 3. The summed E-state index contributed by atoms with van der Waals surface area (Å²) in [5.41, 5.74) is 3.86. The quantitative estimate of drug-likeness (QED) is 0.834. The first-order chi connectivity index (χ1) is 11.9. The minimum atomic E-state index is -0.0399. The molecule has 0 fully saturated rings. The number of benzene rings is 1. The van der Waals surface area contributed by atoms with E-state index < -0.39 is 0 Å². The van der Waals surface area contributed by atoms with E-state index in [0.29, 0.717) is 19.0 Å². The average molecular weight is 344 g/mol. The van der Waals surface area contributed by atoms with Crippen LogP contribution in [0, 0.1) is 13.8 Å². The molecule has 1 aromatic heterocycles. The maximum absolute atomic E-state index is 12.5. The van der Waals surface area contributed by atoms with E-state index in [2.05, 4.69) is 23.7 Å². The highest BCUT2D eigenvalue weighted by molar-refractivity contribution is 5.95. The van der Waals surface area contributed by atoms with Gasteiger partial charge in [0, 0.05) is 24.0 Å². The van der Waals surface area contributed by atoms with Crippen LogP contribution in [0.5, 0.6) is 11.5 Å². The van der Waals surface area contributed by atoms with Crippen LogP contribution in [0.1, 0.15) is 47.2 Å². The van der Waals surface area contributed by atoms with Crippen LogP contribution < -0.4 is 14.8 Å². The third-order valence-corrected chi connectivity index (χ3v) is 4.41. The van der Waals surface area contributed by atoms with Crippen molar-refractivity contribution in [3.05, 3.63) is 46.8 Å². The van der Waals surface area contributed by atoms with Crippen LogP contribution in [0.2, 0.25) is 0 Å². The molecule has 0 spiro atoms. The zero-order chi connectivity index (χ0) is 18.6. The number of aromatic nitrogens is 1. The SMILES string of the molecule is COc1ccc(OC)c(CCNC(=O)c2cc(C)n(C(C)C)c2C)c1. The van der Waals surface area contributed by atoms with E-state index in [1.54, 1.807) is 14.2 Å². The molecular formula is C20H28N2O3. The van der Waals surface area contributed by atoms with E-state index in [1.807, 2.05) is 38.1 Å². The molecule has 0 aliphatic heterocycles. The van der Waals surface area contributed by atoms with Gasteiger partial charge in [-0.3, -0.25) is 4.79 Å². The maximum atomic E-state index is 12.5. The topological polar surface area (TPSA) is 52.5 Å². The summed E-state index contributed by atoms with van der Waals surface area (Å²) in [5.74, 6) is 1.54. The Morgan fingerprint density at radius 3 is 2.44 bits per heavy atom. The third-order valence-electron chi connectivity index (χ3n) is 4.41. The molecular weight excluding hydrogens is 316 g/mol. The number of nitrogens with zero attached hydrogens (tertiary/aromatic N) is 1. The van der Waals surface area contributed by atoms with Crippen molar-refractivity contribution in [3.8, 4) is 11.5 Å². The van der Waals surface area contributed by atoms with E-state index in [0.717, 1.165) is 34.0 Å². The van der Waals surface area contributed by atoms with Gasteiger partial charge in [-0.15, -0.1) is 0 Å². The van der Waals surface area contributed by atoms with Gasteiger partial charge in [-0.05, 0) is 63.9 Å². The van der Waals surface area contributed by atoms with Crippen molar-refractivity contribution in [1.82, 2.24) is 9.88 Å². The van der Waals surface area contributed by atoms with Gasteiger partial charge in [0.1, 0.15) is 11.5 Å². The van der Waals surface area contributed by atoms with Crippen LogP contribution in [-0.2, 0) is 6.42 Å². The molecule has 1 amide bonds. The van der Waals surface area contributed by atoms with Crippen LogP contribution in [0.3, 0.4) is 0 Å². The molecule has 0 saturated heterocycles. The van der Waals surface area contributed by atoms with E-state index in [1.165, 1.54) is 0 Å². The van der Waals surface area contributed by atoms with E-state index in [4.69, 9.17) is 9.47 Å². The van der Waals surface area contributed by atoms with Gasteiger partial charge in [0.15, 0.2) is 0 Å². The number of amides is 1. The molecule has 136 valence electrons. The summed E-state index contributed by atoms with van der Waals surface area (Å²) in [7, 11) is 3.28. The fraction of sp³-hybridized carbons (Fsp3) is 0.450. The van der Waals surface area contributed by atoms with Crippen LogP contribution in [-0.4, -0.2) is 31.2 Å². The van der Waals surface area contributed by atoms with Gasteiger partial charge in [-0.25, -0.2) is 0 Å². The van der Waals surface area contributed by atoms with Crippen molar-refractivity contribution in [2.24, 2.45) is 0 Å². The second-order valence-electron chi connectivity index (χ2n) is 6.43. The van der Waals surface area contributed by atoms with Gasteiger partial charge in [-0.1, -0.05) is 0 Å². The van der Waals surface area contributed by atoms with E-state index >= 15 is 0 Å². The molecule has 0 aliphatic rings. The van der Waals surface area contributed by atoms with Crippen molar-refractivity contribution >= 4 is 5.91 Å². The molecule has 1 heterocycles. The summed E-state index contributed by atoms with van der Waals surface area (Å²) in [4.78, 5) is 12.5. The van der Waals surface area contributed by atoms with Crippen LogP contribution in [0.25, 0.3) is 0 Å². The number of ether oxygens (including phenoxy) is 2. The van der Waals surface area contributed by atoms with Gasteiger partial charge in [-0.2, -0.15) is 0 Å². The number of aryl methyl sites for hydroxylation is 1. The molecule has 1 N–H and O–H groups in total. The van der Waals surface area contributed by atoms with Gasteiger partial charge in [0.2, 0.25) is 0 Å². The van der Waals surface area contributed by atoms with Gasteiger partial charge in [0.05, 0.1) is 19.8 Å². The Morgan fingerprint density at radius 2 is 1.88 bits per heavy atom. The van der Waals surface area contributed by atoms with Crippen LogP contribution in [0.4, 0.5) is 0 Å². The van der Waals surface area contributed by atoms with Crippen molar-refractivity contribution in [1.29, 1.82) is 0 Å². The van der Waals surface area contributed by atoms with Crippen molar-refractivity contribution in [2.45, 2.75) is 40.2 Å². The summed E-state index contributed by atoms with van der Waals surface area (Å²) in [6.07, 6.45) is 0.676. The Hall–Kier alpha value is -2.43. The molecule has 0 radical (unpaired) electrons. The second kappa shape index (κ2) is 8.10. The van der Waals surface area contributed by atoms with Gasteiger partial charge < -0.3 is 19.4 Å². The fourth-order valence-corrected chi connectivity index (χ4v) is 3.28. The molecule has 0 bridgehead atoms. The molecule has 2 aromatic rings. The molecule has 0 aliphatic carbocycles. The minimum absolute atomic E-state index is 0.0399. The molecule has 5 heteroatoms. The van der Waals surface area contributed by atoms with Gasteiger partial charge >= 0.3 is 0 Å². The lowest BCUT2D eigenvalue weighted by Crippen LogP contribution is -2.26. The molecule has 5 nitrogen and oxygen atoms in total. The second-order valence-corrected chi connectivity index (χ2v) is 6.43. The third kappa shape index (κ3) is 4.16. The summed E-state index contributed by atoms with van der Waals surface area (Å²) in [5, 5.41) is 3.01. The predicted molar refractivity (Wildman–Crippen MR) is 99.9 cm³/mol. The maximum Gasteiger partial charge on any atom is 0.253 e. The number of nitrogens with one attached hydrogen (secondary N) is 1. The first-order valence-electron chi connectivity index (χ1n) is 8.56. The van der Waals surface area contributed by atoms with Crippen molar-refractivity contribution in [3.63, 3.8) is 0 Å². The number of methoxy groups -OCH3 is 2. The Bertz CT molecular complexity index is 748. The summed E-state index contributed by atoms with van der Waals surface area (Å²) < 4.78 is 12.8. The minimum Gasteiger partial charge on any atom is -0.497 e. The first-order valence-corrected chi connectivity index (χ1v) is 8.56. The highest BCUT2D eigenvalue weighted by atomic mass is 16.5. The number of carbonyl (C=O) groups excluding carboxylic acids is 1. The molecule has 2 rings (SSSR count). The fourth-order valence-electron chi connectivity index (χ4n) is 3.28. The molecule has 0 atom stereocenters. The molecule has 25 heavy (non-hydrogen) atoms. The number of carbonyl (C=O) groups is 1. The monoisotopic (exact) mass is 344 g/mol. The standard InChI is InChI=1S/C20H28N2O3/c1-13(2)22-14(3)11-18(15(22)4)20(23)21-10-9-16-12-17(24-5)7-8-19(16)25-6/h7-8,11-13H,9-10H2,1-6H3,(H,21,23). The van der Waals surface area contributed by atoms with E-state index in [9.17, 15) is 4.79 Å². The van der Waals surface area contributed by atoms with Crippen molar-refractivity contribution < 1.29 is 14.3 Å². The van der Waals surface area contributed by atoms with Crippen molar-refractivity contribution in [2.75, 3.05) is 20.8 Å². The van der Waals surface area contributed by atoms with Crippen LogP contribution >= 0.6 is 0 Å². The Balaban J connectivity index is 2.05. The largest absolute Gasteiger partial charge is 0.497 e. The summed E-state index contributed by atoms with van der Waals surface area (Å²) in [6.45, 7) is 8.80. The zero-order valence-electron chi connectivity index (χ0n) is 16.0. The Kier molecular flexibility index (Phi) is 6.12.